The summed E-state index contributed by atoms with van der Waals surface area (Å²) in [5.41, 5.74) is 8.49. The van der Waals surface area contributed by atoms with Gasteiger partial charge in [0.2, 0.25) is 5.91 Å². The average Bonchev–Trinajstić information content (AvgIpc) is 3.35. The zero-order valence-corrected chi connectivity index (χ0v) is 14.3. The molecule has 2 aromatic carbocycles. The van der Waals surface area contributed by atoms with Gasteiger partial charge in [0.25, 0.3) is 5.91 Å². The van der Waals surface area contributed by atoms with E-state index in [1.807, 2.05) is 54.6 Å². The van der Waals surface area contributed by atoms with Crippen molar-refractivity contribution in [1.29, 1.82) is 0 Å². The molecule has 2 aromatic heterocycles. The summed E-state index contributed by atoms with van der Waals surface area (Å²) in [5, 5.41) is 7.79. The summed E-state index contributed by atoms with van der Waals surface area (Å²) >= 11 is 0. The molecular weight excluding hydrogens is 342 g/mol. The summed E-state index contributed by atoms with van der Waals surface area (Å²) in [4.78, 5) is 27.5. The molecule has 134 valence electrons. The molecule has 4 aromatic rings. The fourth-order valence-electron chi connectivity index (χ4n) is 2.88. The summed E-state index contributed by atoms with van der Waals surface area (Å²) < 4.78 is 0. The van der Waals surface area contributed by atoms with Gasteiger partial charge in [0.15, 0.2) is 0 Å². The van der Waals surface area contributed by atoms with Crippen LogP contribution in [0.5, 0.6) is 0 Å². The van der Waals surface area contributed by atoms with E-state index in [1.54, 1.807) is 12.3 Å². The monoisotopic (exact) mass is 359 g/mol. The highest BCUT2D eigenvalue weighted by atomic mass is 16.2. The lowest BCUT2D eigenvalue weighted by molar-refractivity contribution is -0.121. The Bertz CT molecular complexity index is 1100. The molecule has 0 bridgehead atoms. The first-order valence-corrected chi connectivity index (χ1v) is 8.46. The van der Waals surface area contributed by atoms with Crippen LogP contribution in [-0.4, -0.2) is 27.0 Å². The summed E-state index contributed by atoms with van der Waals surface area (Å²) in [6, 6.07) is 18.9. The van der Waals surface area contributed by atoms with Crippen molar-refractivity contribution in [3.8, 4) is 11.3 Å². The van der Waals surface area contributed by atoms with Gasteiger partial charge in [-0.05, 0) is 17.7 Å². The molecule has 0 saturated heterocycles. The van der Waals surface area contributed by atoms with E-state index in [1.165, 1.54) is 0 Å². The molecule has 4 N–H and O–H groups in total. The predicted octanol–water partition coefficient (Wildman–Crippen LogP) is 2.56. The number of para-hydroxylation sites is 1. The molecule has 0 aliphatic heterocycles. The highest BCUT2D eigenvalue weighted by Gasteiger charge is 2.13. The maximum absolute atomic E-state index is 12.2. The van der Waals surface area contributed by atoms with Gasteiger partial charge in [-0.25, -0.2) is 0 Å². The second-order valence-corrected chi connectivity index (χ2v) is 6.07. The number of hydrogen-bond acceptors (Lipinski definition) is 3. The van der Waals surface area contributed by atoms with Crippen molar-refractivity contribution in [2.24, 2.45) is 0 Å². The molecule has 0 saturated carbocycles. The molecule has 0 atom stereocenters. The molecule has 0 unspecified atom stereocenters. The Morgan fingerprint density at radius 2 is 1.74 bits per heavy atom. The van der Waals surface area contributed by atoms with Gasteiger partial charge in [0.1, 0.15) is 5.69 Å². The number of hydrogen-bond donors (Lipinski definition) is 4. The Kier molecular flexibility index (Phi) is 4.40. The van der Waals surface area contributed by atoms with Crippen LogP contribution in [0.15, 0.2) is 66.9 Å². The lowest BCUT2D eigenvalue weighted by Crippen LogP contribution is -2.42. The Balaban J connectivity index is 1.36. The van der Waals surface area contributed by atoms with Crippen molar-refractivity contribution >= 4 is 22.7 Å². The highest BCUT2D eigenvalue weighted by molar-refractivity contribution is 5.95. The average molecular weight is 359 g/mol. The van der Waals surface area contributed by atoms with Crippen molar-refractivity contribution in [2.45, 2.75) is 6.42 Å². The number of fused-ring (bicyclic) bond motifs is 1. The van der Waals surface area contributed by atoms with Gasteiger partial charge in [-0.15, -0.1) is 0 Å². The molecule has 27 heavy (non-hydrogen) atoms. The maximum Gasteiger partial charge on any atom is 0.287 e. The van der Waals surface area contributed by atoms with Crippen LogP contribution in [0, 0.1) is 0 Å². The van der Waals surface area contributed by atoms with Crippen LogP contribution < -0.4 is 10.9 Å². The van der Waals surface area contributed by atoms with Gasteiger partial charge >= 0.3 is 0 Å². The van der Waals surface area contributed by atoms with Crippen LogP contribution in [0.4, 0.5) is 0 Å². The number of hydrazine groups is 1. The fourth-order valence-corrected chi connectivity index (χ4v) is 2.88. The van der Waals surface area contributed by atoms with Crippen LogP contribution in [-0.2, 0) is 11.2 Å². The Morgan fingerprint density at radius 3 is 2.59 bits per heavy atom. The lowest BCUT2D eigenvalue weighted by atomic mass is 10.1. The quantitative estimate of drug-likeness (QED) is 0.421. The van der Waals surface area contributed by atoms with Gasteiger partial charge in [0.05, 0.1) is 12.1 Å². The second kappa shape index (κ2) is 7.17. The largest absolute Gasteiger partial charge is 0.361 e. The third kappa shape index (κ3) is 3.57. The van der Waals surface area contributed by atoms with Crippen LogP contribution in [0.25, 0.3) is 22.2 Å². The topological polar surface area (TPSA) is 103 Å². The number of aromatic nitrogens is 3. The van der Waals surface area contributed by atoms with Crippen molar-refractivity contribution in [3.63, 3.8) is 0 Å². The molecule has 0 aliphatic carbocycles. The third-order valence-corrected chi connectivity index (χ3v) is 4.23. The van der Waals surface area contributed by atoms with E-state index in [-0.39, 0.29) is 18.0 Å². The van der Waals surface area contributed by atoms with Gasteiger partial charge in [-0.2, -0.15) is 5.10 Å². The summed E-state index contributed by atoms with van der Waals surface area (Å²) in [6.07, 6.45) is 1.95. The Hall–Kier alpha value is -3.87. The highest BCUT2D eigenvalue weighted by Crippen LogP contribution is 2.18. The van der Waals surface area contributed by atoms with E-state index in [2.05, 4.69) is 26.0 Å². The van der Waals surface area contributed by atoms with Gasteiger partial charge in [0, 0.05) is 22.7 Å². The second-order valence-electron chi connectivity index (χ2n) is 6.07. The number of benzene rings is 2. The third-order valence-electron chi connectivity index (χ3n) is 4.23. The van der Waals surface area contributed by atoms with Crippen LogP contribution in [0.2, 0.25) is 0 Å². The zero-order valence-electron chi connectivity index (χ0n) is 14.3. The standard InChI is InChI=1S/C20H17N5O2/c26-19(10-14-12-21-16-9-5-4-8-15(14)16)24-25-20(27)18-11-17(22-23-18)13-6-2-1-3-7-13/h1-9,11-12,21H,10H2,(H,22,23)(H,24,26)(H,25,27). The number of nitrogens with one attached hydrogen (secondary N) is 4. The van der Waals surface area contributed by atoms with Crippen LogP contribution in [0.3, 0.4) is 0 Å². The SMILES string of the molecule is O=C(Cc1c[nH]c2ccccc12)NNC(=O)c1cc(-c2ccccc2)n[nH]1. The van der Waals surface area contributed by atoms with Crippen molar-refractivity contribution in [3.05, 3.63) is 78.1 Å². The molecule has 0 aliphatic rings. The Morgan fingerprint density at radius 1 is 0.963 bits per heavy atom. The minimum atomic E-state index is -0.461. The molecular formula is C20H17N5O2. The molecule has 0 spiro atoms. The number of rotatable bonds is 4. The lowest BCUT2D eigenvalue weighted by Gasteiger charge is -2.05. The first-order chi connectivity index (χ1) is 13.2. The van der Waals surface area contributed by atoms with Gasteiger partial charge in [-0.3, -0.25) is 25.5 Å². The van der Waals surface area contributed by atoms with Crippen LogP contribution >= 0.6 is 0 Å². The van der Waals surface area contributed by atoms with E-state index in [4.69, 9.17) is 0 Å². The maximum atomic E-state index is 12.2. The van der Waals surface area contributed by atoms with Gasteiger partial charge < -0.3 is 4.98 Å². The van der Waals surface area contributed by atoms with E-state index >= 15 is 0 Å². The summed E-state index contributed by atoms with van der Waals surface area (Å²) in [6.45, 7) is 0. The minimum absolute atomic E-state index is 0.155. The number of H-pyrrole nitrogens is 2. The first-order valence-electron chi connectivity index (χ1n) is 8.46. The summed E-state index contributed by atoms with van der Waals surface area (Å²) in [7, 11) is 0. The molecule has 7 nitrogen and oxygen atoms in total. The molecule has 2 amide bonds. The number of carbonyl (C=O) groups excluding carboxylic acids is 2. The van der Waals surface area contributed by atoms with Crippen molar-refractivity contribution < 1.29 is 9.59 Å². The fraction of sp³-hybridized carbons (Fsp3) is 0.0500. The van der Waals surface area contributed by atoms with E-state index in [9.17, 15) is 9.59 Å². The van der Waals surface area contributed by atoms with E-state index < -0.39 is 5.91 Å². The number of carbonyl (C=O) groups is 2. The van der Waals surface area contributed by atoms with Gasteiger partial charge in [-0.1, -0.05) is 48.5 Å². The Labute approximate surface area is 154 Å². The van der Waals surface area contributed by atoms with Crippen molar-refractivity contribution in [1.82, 2.24) is 26.0 Å². The molecule has 4 rings (SSSR count). The normalized spacial score (nSPS) is 10.7. The summed E-state index contributed by atoms with van der Waals surface area (Å²) in [5.74, 6) is -0.771. The molecule has 0 radical (unpaired) electrons. The number of aromatic amines is 2. The van der Waals surface area contributed by atoms with E-state index in [0.717, 1.165) is 22.0 Å². The molecule has 0 fully saturated rings. The van der Waals surface area contributed by atoms with Crippen LogP contribution in [0.1, 0.15) is 16.1 Å². The molecule has 7 heteroatoms. The zero-order chi connectivity index (χ0) is 18.6. The first kappa shape index (κ1) is 16.6. The van der Waals surface area contributed by atoms with Crippen molar-refractivity contribution in [2.75, 3.05) is 0 Å². The minimum Gasteiger partial charge on any atom is -0.361 e. The predicted molar refractivity (Wildman–Crippen MR) is 102 cm³/mol. The molecule has 2 heterocycles. The van der Waals surface area contributed by atoms with E-state index in [0.29, 0.717) is 5.69 Å². The smallest absolute Gasteiger partial charge is 0.287 e. The number of amides is 2. The number of nitrogens with zero attached hydrogens (tertiary/aromatic N) is 1.